The Bertz CT molecular complexity index is 333. The van der Waals surface area contributed by atoms with Gasteiger partial charge in [-0.25, -0.2) is 8.78 Å². The van der Waals surface area contributed by atoms with Crippen molar-refractivity contribution in [2.75, 3.05) is 12.4 Å². The lowest BCUT2D eigenvalue weighted by atomic mass is 10.2. The van der Waals surface area contributed by atoms with Crippen molar-refractivity contribution in [3.05, 3.63) is 23.2 Å². The minimum absolute atomic E-state index is 0.470. The monoisotopic (exact) mass is 235 g/mol. The summed E-state index contributed by atoms with van der Waals surface area (Å²) >= 11 is 5.75. The van der Waals surface area contributed by atoms with Crippen molar-refractivity contribution < 1.29 is 13.5 Å². The molecule has 1 atom stereocenters. The number of alkyl halides is 2. The Kier molecular flexibility index (Phi) is 4.15. The van der Waals surface area contributed by atoms with Gasteiger partial charge in [0.25, 0.3) is 6.43 Å². The summed E-state index contributed by atoms with van der Waals surface area (Å²) in [7, 11) is 1.47. The quantitative estimate of drug-likeness (QED) is 0.864. The number of halogens is 3. The fourth-order valence-corrected chi connectivity index (χ4v) is 1.27. The zero-order chi connectivity index (χ0) is 11.4. The van der Waals surface area contributed by atoms with Gasteiger partial charge in [0, 0.05) is 5.02 Å². The van der Waals surface area contributed by atoms with E-state index in [0.717, 1.165) is 0 Å². The number of nitrogens with one attached hydrogen (secondary N) is 1. The maximum atomic E-state index is 12.3. The van der Waals surface area contributed by atoms with Gasteiger partial charge in [0.1, 0.15) is 5.75 Å². The highest BCUT2D eigenvalue weighted by atomic mass is 35.5. The minimum Gasteiger partial charge on any atom is -0.495 e. The SMILES string of the molecule is COc1ccc(Cl)cc1NC(C)C(F)F. The van der Waals surface area contributed by atoms with E-state index in [4.69, 9.17) is 16.3 Å². The van der Waals surface area contributed by atoms with E-state index in [1.54, 1.807) is 18.2 Å². The highest BCUT2D eigenvalue weighted by molar-refractivity contribution is 6.30. The number of anilines is 1. The fourth-order valence-electron chi connectivity index (χ4n) is 1.10. The molecule has 2 nitrogen and oxygen atoms in total. The van der Waals surface area contributed by atoms with E-state index in [2.05, 4.69) is 5.32 Å². The lowest BCUT2D eigenvalue weighted by Crippen LogP contribution is -2.24. The van der Waals surface area contributed by atoms with Crippen molar-refractivity contribution in [3.8, 4) is 5.75 Å². The van der Waals surface area contributed by atoms with Gasteiger partial charge >= 0.3 is 0 Å². The van der Waals surface area contributed by atoms with E-state index in [1.165, 1.54) is 14.0 Å². The van der Waals surface area contributed by atoms with Gasteiger partial charge in [0.2, 0.25) is 0 Å². The van der Waals surface area contributed by atoms with Crippen LogP contribution in [-0.4, -0.2) is 19.6 Å². The van der Waals surface area contributed by atoms with Gasteiger partial charge in [-0.2, -0.15) is 0 Å². The first-order valence-corrected chi connectivity index (χ1v) is 4.80. The van der Waals surface area contributed by atoms with Crippen molar-refractivity contribution in [3.63, 3.8) is 0 Å². The van der Waals surface area contributed by atoms with Crippen LogP contribution in [0.1, 0.15) is 6.92 Å². The molecule has 0 aliphatic carbocycles. The Balaban J connectivity index is 2.87. The number of hydrogen-bond acceptors (Lipinski definition) is 2. The molecule has 0 radical (unpaired) electrons. The van der Waals surface area contributed by atoms with Crippen molar-refractivity contribution in [2.24, 2.45) is 0 Å². The third-order valence-electron chi connectivity index (χ3n) is 1.92. The second-order valence-corrected chi connectivity index (χ2v) is 3.55. The molecule has 1 unspecified atom stereocenters. The van der Waals surface area contributed by atoms with Crippen LogP contribution in [-0.2, 0) is 0 Å². The molecular formula is C10H12ClF2NO. The van der Waals surface area contributed by atoms with Gasteiger partial charge in [-0.05, 0) is 25.1 Å². The highest BCUT2D eigenvalue weighted by Gasteiger charge is 2.15. The topological polar surface area (TPSA) is 21.3 Å². The minimum atomic E-state index is -2.44. The van der Waals surface area contributed by atoms with E-state index >= 15 is 0 Å². The first kappa shape index (κ1) is 12.0. The van der Waals surface area contributed by atoms with Crippen LogP contribution in [0.4, 0.5) is 14.5 Å². The van der Waals surface area contributed by atoms with E-state index < -0.39 is 12.5 Å². The molecule has 0 saturated carbocycles. The number of benzene rings is 1. The summed E-state index contributed by atoms with van der Waals surface area (Å²) in [5, 5.41) is 3.11. The molecular weight excluding hydrogens is 224 g/mol. The van der Waals surface area contributed by atoms with Crippen LogP contribution in [0.5, 0.6) is 5.75 Å². The standard InChI is InChI=1S/C10H12ClF2NO/c1-6(10(12)13)14-8-5-7(11)3-4-9(8)15-2/h3-6,10,14H,1-2H3. The average molecular weight is 236 g/mol. The van der Waals surface area contributed by atoms with E-state index in [-0.39, 0.29) is 0 Å². The molecule has 1 N–H and O–H groups in total. The predicted molar refractivity (Wildman–Crippen MR) is 57.1 cm³/mol. The highest BCUT2D eigenvalue weighted by Crippen LogP contribution is 2.28. The number of rotatable bonds is 4. The van der Waals surface area contributed by atoms with E-state index in [1.807, 2.05) is 0 Å². The van der Waals surface area contributed by atoms with Gasteiger partial charge in [-0.3, -0.25) is 0 Å². The van der Waals surface area contributed by atoms with Crippen LogP contribution >= 0.6 is 11.6 Å². The average Bonchev–Trinajstić information content (AvgIpc) is 2.18. The molecule has 0 aliphatic heterocycles. The van der Waals surface area contributed by atoms with Gasteiger partial charge in [-0.15, -0.1) is 0 Å². The summed E-state index contributed by atoms with van der Waals surface area (Å²) in [6.07, 6.45) is -2.44. The Hall–Kier alpha value is -1.03. The summed E-state index contributed by atoms with van der Waals surface area (Å²) in [6, 6.07) is 3.87. The lowest BCUT2D eigenvalue weighted by molar-refractivity contribution is 0.130. The molecule has 0 aliphatic rings. The summed E-state index contributed by atoms with van der Waals surface area (Å²) < 4.78 is 29.6. The molecule has 0 aromatic heterocycles. The zero-order valence-corrected chi connectivity index (χ0v) is 9.18. The van der Waals surface area contributed by atoms with Crippen molar-refractivity contribution in [1.29, 1.82) is 0 Å². The van der Waals surface area contributed by atoms with Gasteiger partial charge < -0.3 is 10.1 Å². The second kappa shape index (κ2) is 5.16. The molecule has 0 fully saturated rings. The van der Waals surface area contributed by atoms with Gasteiger partial charge in [-0.1, -0.05) is 11.6 Å². The molecule has 1 rings (SSSR count). The zero-order valence-electron chi connectivity index (χ0n) is 8.43. The molecule has 84 valence electrons. The Morgan fingerprint density at radius 2 is 2.07 bits per heavy atom. The summed E-state index contributed by atoms with van der Waals surface area (Å²) in [5.41, 5.74) is 0.470. The molecule has 0 saturated heterocycles. The predicted octanol–water partition coefficient (Wildman–Crippen LogP) is 3.41. The second-order valence-electron chi connectivity index (χ2n) is 3.11. The van der Waals surface area contributed by atoms with Crippen molar-refractivity contribution in [2.45, 2.75) is 19.4 Å². The first-order chi connectivity index (χ1) is 7.04. The molecule has 5 heteroatoms. The smallest absolute Gasteiger partial charge is 0.258 e. The Labute approximate surface area is 92.2 Å². The summed E-state index contributed by atoms with van der Waals surface area (Å²) in [4.78, 5) is 0. The third kappa shape index (κ3) is 3.23. The molecule has 15 heavy (non-hydrogen) atoms. The van der Waals surface area contributed by atoms with E-state index in [0.29, 0.717) is 16.5 Å². The van der Waals surface area contributed by atoms with E-state index in [9.17, 15) is 8.78 Å². The number of ether oxygens (including phenoxy) is 1. The normalized spacial score (nSPS) is 12.7. The third-order valence-corrected chi connectivity index (χ3v) is 2.16. The molecule has 1 aromatic rings. The molecule has 0 heterocycles. The molecule has 1 aromatic carbocycles. The van der Waals surface area contributed by atoms with Crippen LogP contribution < -0.4 is 10.1 Å². The van der Waals surface area contributed by atoms with Gasteiger partial charge in [0.15, 0.2) is 0 Å². The summed E-state index contributed by atoms with van der Waals surface area (Å²) in [5.74, 6) is 0.493. The van der Waals surface area contributed by atoms with Crippen LogP contribution in [0.3, 0.4) is 0 Å². The van der Waals surface area contributed by atoms with Gasteiger partial charge in [0.05, 0.1) is 18.8 Å². The van der Waals surface area contributed by atoms with Crippen LogP contribution in [0.2, 0.25) is 5.02 Å². The largest absolute Gasteiger partial charge is 0.495 e. The summed E-state index contributed by atoms with van der Waals surface area (Å²) in [6.45, 7) is 1.39. The van der Waals surface area contributed by atoms with Crippen LogP contribution in [0, 0.1) is 0 Å². The number of methoxy groups -OCH3 is 1. The van der Waals surface area contributed by atoms with Crippen LogP contribution in [0.15, 0.2) is 18.2 Å². The lowest BCUT2D eigenvalue weighted by Gasteiger charge is -2.16. The van der Waals surface area contributed by atoms with Crippen molar-refractivity contribution >= 4 is 17.3 Å². The molecule has 0 amide bonds. The Morgan fingerprint density at radius 3 is 2.60 bits per heavy atom. The maximum absolute atomic E-state index is 12.3. The molecule has 0 spiro atoms. The Morgan fingerprint density at radius 1 is 1.40 bits per heavy atom. The van der Waals surface area contributed by atoms with Crippen LogP contribution in [0.25, 0.3) is 0 Å². The maximum Gasteiger partial charge on any atom is 0.258 e. The fraction of sp³-hybridized carbons (Fsp3) is 0.400. The van der Waals surface area contributed by atoms with Crippen molar-refractivity contribution in [1.82, 2.24) is 0 Å². The first-order valence-electron chi connectivity index (χ1n) is 4.43. The number of hydrogen-bond donors (Lipinski definition) is 1. The molecule has 0 bridgehead atoms.